The summed E-state index contributed by atoms with van der Waals surface area (Å²) in [5, 5.41) is 8.26. The van der Waals surface area contributed by atoms with Gasteiger partial charge in [0.25, 0.3) is 0 Å². The highest BCUT2D eigenvalue weighted by Gasteiger charge is 2.24. The molecule has 0 radical (unpaired) electrons. The Morgan fingerprint density at radius 2 is 2.00 bits per heavy atom. The lowest BCUT2D eigenvalue weighted by Gasteiger charge is -2.34. The monoisotopic (exact) mass is 221 g/mol. The van der Waals surface area contributed by atoms with Gasteiger partial charge in [0.15, 0.2) is 0 Å². The van der Waals surface area contributed by atoms with Crippen molar-refractivity contribution in [1.82, 2.24) is 15.2 Å². The van der Waals surface area contributed by atoms with E-state index in [0.29, 0.717) is 12.0 Å². The summed E-state index contributed by atoms with van der Waals surface area (Å²) in [4.78, 5) is 6.64. The molecule has 0 amide bonds. The average Bonchev–Trinajstić information content (AvgIpc) is 2.26. The zero-order valence-electron chi connectivity index (χ0n) is 10.1. The molecule has 0 spiro atoms. The predicted molar refractivity (Wildman–Crippen MR) is 63.3 cm³/mol. The first-order valence-corrected chi connectivity index (χ1v) is 5.76. The molecule has 1 fully saturated rings. The van der Waals surface area contributed by atoms with Crippen molar-refractivity contribution in [1.29, 1.82) is 0 Å². The fourth-order valence-corrected chi connectivity index (χ4v) is 1.92. The number of hydrogen-bond acceptors (Lipinski definition) is 5. The van der Waals surface area contributed by atoms with Crippen LogP contribution in [0.2, 0.25) is 0 Å². The van der Waals surface area contributed by atoms with Gasteiger partial charge in [0.2, 0.25) is 5.95 Å². The van der Waals surface area contributed by atoms with E-state index < -0.39 is 0 Å². The molecule has 2 N–H and O–H groups in total. The van der Waals surface area contributed by atoms with Gasteiger partial charge < -0.3 is 10.6 Å². The van der Waals surface area contributed by atoms with Crippen molar-refractivity contribution in [2.24, 2.45) is 11.7 Å². The normalized spacial score (nSPS) is 25.9. The molecule has 2 rings (SSSR count). The maximum absolute atomic E-state index is 5.99. The fraction of sp³-hybridized carbons (Fsp3) is 0.727. The highest BCUT2D eigenvalue weighted by atomic mass is 15.3. The minimum absolute atomic E-state index is 0.302. The third-order valence-electron chi connectivity index (χ3n) is 3.34. The Labute approximate surface area is 96.1 Å². The maximum Gasteiger partial charge on any atom is 0.245 e. The number of aryl methyl sites for hydroxylation is 2. The Bertz CT molecular complexity index is 379. The second-order valence-electron chi connectivity index (χ2n) is 4.66. The molecular formula is C11H19N5. The molecule has 16 heavy (non-hydrogen) atoms. The molecular weight excluding hydrogens is 202 g/mol. The fourth-order valence-electron chi connectivity index (χ4n) is 1.92. The Hall–Kier alpha value is -1.23. The summed E-state index contributed by atoms with van der Waals surface area (Å²) in [6.07, 6.45) is 0.997. The smallest absolute Gasteiger partial charge is 0.245 e. The Morgan fingerprint density at radius 3 is 2.62 bits per heavy atom. The molecule has 0 saturated carbocycles. The van der Waals surface area contributed by atoms with E-state index in [0.717, 1.165) is 36.8 Å². The van der Waals surface area contributed by atoms with Gasteiger partial charge >= 0.3 is 0 Å². The zero-order chi connectivity index (χ0) is 11.7. The molecule has 0 aromatic carbocycles. The van der Waals surface area contributed by atoms with Gasteiger partial charge in [-0.25, -0.2) is 4.98 Å². The van der Waals surface area contributed by atoms with Gasteiger partial charge in [-0.3, -0.25) is 0 Å². The third-order valence-corrected chi connectivity index (χ3v) is 3.34. The highest BCUT2D eigenvalue weighted by molar-refractivity contribution is 5.30. The standard InChI is InChI=1S/C11H19N5/c1-7-6-16(5-4-10(7)12)11-13-8(2)9(3)14-15-11/h7,10H,4-6,12H2,1-3H3. The molecule has 1 aromatic heterocycles. The van der Waals surface area contributed by atoms with Gasteiger partial charge in [-0.05, 0) is 26.2 Å². The SMILES string of the molecule is Cc1nnc(N2CCC(N)C(C)C2)nc1C. The van der Waals surface area contributed by atoms with Gasteiger partial charge in [0.05, 0.1) is 11.4 Å². The molecule has 5 nitrogen and oxygen atoms in total. The van der Waals surface area contributed by atoms with Crippen molar-refractivity contribution in [2.45, 2.75) is 33.2 Å². The molecule has 0 aliphatic carbocycles. The van der Waals surface area contributed by atoms with E-state index in [1.165, 1.54) is 0 Å². The van der Waals surface area contributed by atoms with Crippen LogP contribution >= 0.6 is 0 Å². The van der Waals surface area contributed by atoms with Gasteiger partial charge in [0.1, 0.15) is 0 Å². The number of nitrogens with zero attached hydrogens (tertiary/aromatic N) is 4. The number of rotatable bonds is 1. The van der Waals surface area contributed by atoms with Gasteiger partial charge in [-0.15, -0.1) is 5.10 Å². The Morgan fingerprint density at radius 1 is 1.25 bits per heavy atom. The number of aromatic nitrogens is 3. The van der Waals surface area contributed by atoms with E-state index in [4.69, 9.17) is 5.73 Å². The van der Waals surface area contributed by atoms with Crippen LogP contribution in [-0.2, 0) is 0 Å². The highest BCUT2D eigenvalue weighted by Crippen LogP contribution is 2.19. The first-order chi connectivity index (χ1) is 7.58. The van der Waals surface area contributed by atoms with Crippen LogP contribution in [0, 0.1) is 19.8 Å². The van der Waals surface area contributed by atoms with E-state index in [2.05, 4.69) is 27.0 Å². The average molecular weight is 221 g/mol. The van der Waals surface area contributed by atoms with E-state index in [9.17, 15) is 0 Å². The minimum atomic E-state index is 0.302. The number of anilines is 1. The van der Waals surface area contributed by atoms with Crippen molar-refractivity contribution in [2.75, 3.05) is 18.0 Å². The van der Waals surface area contributed by atoms with E-state index >= 15 is 0 Å². The summed E-state index contributed by atoms with van der Waals surface area (Å²) in [5.41, 5.74) is 7.83. The van der Waals surface area contributed by atoms with Crippen molar-refractivity contribution in [3.8, 4) is 0 Å². The second-order valence-corrected chi connectivity index (χ2v) is 4.66. The van der Waals surface area contributed by atoms with E-state index in [1.54, 1.807) is 0 Å². The number of hydrogen-bond donors (Lipinski definition) is 1. The summed E-state index contributed by atoms with van der Waals surface area (Å²) in [6, 6.07) is 0.302. The number of piperidine rings is 1. The van der Waals surface area contributed by atoms with Crippen LogP contribution in [0.25, 0.3) is 0 Å². The summed E-state index contributed by atoms with van der Waals surface area (Å²) in [7, 11) is 0. The molecule has 0 bridgehead atoms. The first-order valence-electron chi connectivity index (χ1n) is 5.76. The largest absolute Gasteiger partial charge is 0.339 e. The predicted octanol–water partition coefficient (Wildman–Crippen LogP) is 0.662. The van der Waals surface area contributed by atoms with Crippen LogP contribution < -0.4 is 10.6 Å². The molecule has 1 aliphatic heterocycles. The van der Waals surface area contributed by atoms with Crippen molar-refractivity contribution < 1.29 is 0 Å². The molecule has 88 valence electrons. The van der Waals surface area contributed by atoms with E-state index in [-0.39, 0.29) is 0 Å². The Balaban J connectivity index is 2.15. The number of nitrogens with two attached hydrogens (primary N) is 1. The second kappa shape index (κ2) is 4.33. The molecule has 2 heterocycles. The lowest BCUT2D eigenvalue weighted by atomic mass is 9.95. The molecule has 2 unspecified atom stereocenters. The van der Waals surface area contributed by atoms with Crippen LogP contribution in [0.4, 0.5) is 5.95 Å². The molecule has 1 saturated heterocycles. The Kier molecular flexibility index (Phi) is 3.05. The van der Waals surface area contributed by atoms with E-state index in [1.807, 2.05) is 13.8 Å². The van der Waals surface area contributed by atoms with Crippen LogP contribution in [0.3, 0.4) is 0 Å². The molecule has 5 heteroatoms. The molecule has 1 aliphatic rings. The van der Waals surface area contributed by atoms with Crippen molar-refractivity contribution in [3.05, 3.63) is 11.4 Å². The van der Waals surface area contributed by atoms with Crippen LogP contribution in [0.5, 0.6) is 0 Å². The van der Waals surface area contributed by atoms with Crippen LogP contribution in [0.1, 0.15) is 24.7 Å². The first kappa shape index (κ1) is 11.3. The molecule has 1 aromatic rings. The third kappa shape index (κ3) is 2.14. The van der Waals surface area contributed by atoms with Gasteiger partial charge in [0, 0.05) is 19.1 Å². The molecule has 2 atom stereocenters. The maximum atomic E-state index is 5.99. The lowest BCUT2D eigenvalue weighted by Crippen LogP contribution is -2.46. The van der Waals surface area contributed by atoms with Crippen LogP contribution in [0.15, 0.2) is 0 Å². The summed E-state index contributed by atoms with van der Waals surface area (Å²) in [5.74, 6) is 1.22. The minimum Gasteiger partial charge on any atom is -0.339 e. The quantitative estimate of drug-likeness (QED) is 0.754. The summed E-state index contributed by atoms with van der Waals surface area (Å²) < 4.78 is 0. The topological polar surface area (TPSA) is 67.9 Å². The summed E-state index contributed by atoms with van der Waals surface area (Å²) in [6.45, 7) is 7.91. The van der Waals surface area contributed by atoms with Crippen LogP contribution in [-0.4, -0.2) is 34.3 Å². The lowest BCUT2D eigenvalue weighted by molar-refractivity contribution is 0.379. The summed E-state index contributed by atoms with van der Waals surface area (Å²) >= 11 is 0. The van der Waals surface area contributed by atoms with Crippen molar-refractivity contribution in [3.63, 3.8) is 0 Å². The van der Waals surface area contributed by atoms with Gasteiger partial charge in [-0.1, -0.05) is 6.92 Å². The zero-order valence-corrected chi connectivity index (χ0v) is 10.1. The van der Waals surface area contributed by atoms with Gasteiger partial charge in [-0.2, -0.15) is 5.10 Å². The van der Waals surface area contributed by atoms with Crippen molar-refractivity contribution >= 4 is 5.95 Å².